The van der Waals surface area contributed by atoms with Crippen molar-refractivity contribution in [2.45, 2.75) is 192 Å². The molecule has 12 nitrogen and oxygen atoms in total. The van der Waals surface area contributed by atoms with Crippen LogP contribution in [0.3, 0.4) is 0 Å². The second kappa shape index (κ2) is 35.4. The smallest absolute Gasteiger partial charge is 0.472 e. The van der Waals surface area contributed by atoms with Gasteiger partial charge in [0.15, 0.2) is 6.10 Å². The van der Waals surface area contributed by atoms with Crippen LogP contribution in [0.15, 0.2) is 48.6 Å². The van der Waals surface area contributed by atoms with Crippen LogP contribution in [-0.4, -0.2) is 72.1 Å². The zero-order chi connectivity index (χ0) is 41.8. The zero-order valence-electron chi connectivity index (χ0n) is 35.1. The minimum atomic E-state index is -4.74. The van der Waals surface area contributed by atoms with Gasteiger partial charge in [0, 0.05) is 12.8 Å². The van der Waals surface area contributed by atoms with Crippen molar-refractivity contribution in [3.05, 3.63) is 48.6 Å². The molecular formula is C44H76NO11P. The Kier molecular flexibility index (Phi) is 32.5. The molecular weight excluding hydrogens is 749 g/mol. The lowest BCUT2D eigenvalue weighted by atomic mass is 10.1. The van der Waals surface area contributed by atoms with Crippen LogP contribution in [0.1, 0.15) is 168 Å². The van der Waals surface area contributed by atoms with Gasteiger partial charge >= 0.3 is 25.7 Å². The first-order chi connectivity index (χ1) is 27.6. The molecule has 0 aliphatic carbocycles. The molecule has 1 rings (SSSR count). The molecule has 57 heavy (non-hydrogen) atoms. The van der Waals surface area contributed by atoms with Crippen molar-refractivity contribution in [2.75, 3.05) is 19.8 Å². The Morgan fingerprint density at radius 3 is 1.81 bits per heavy atom. The van der Waals surface area contributed by atoms with Gasteiger partial charge in [0.2, 0.25) is 0 Å². The summed E-state index contributed by atoms with van der Waals surface area (Å²) in [5.74, 6) is -2.47. The highest BCUT2D eigenvalue weighted by Crippen LogP contribution is 2.43. The second-order valence-electron chi connectivity index (χ2n) is 14.9. The number of carbonyl (C=O) groups excluding carboxylic acids is 2. The van der Waals surface area contributed by atoms with Crippen LogP contribution in [-0.2, 0) is 42.2 Å². The average molecular weight is 826 g/mol. The Morgan fingerprint density at radius 2 is 1.16 bits per heavy atom. The van der Waals surface area contributed by atoms with E-state index >= 15 is 0 Å². The summed E-state index contributed by atoms with van der Waals surface area (Å²) >= 11 is 0. The Morgan fingerprint density at radius 1 is 0.649 bits per heavy atom. The third-order valence-electron chi connectivity index (χ3n) is 9.47. The monoisotopic (exact) mass is 826 g/mol. The summed E-state index contributed by atoms with van der Waals surface area (Å²) in [5.41, 5.74) is 5.33. The SMILES string of the molecule is CCCCC/C=C\C/C=C\C/C=C\CC1OC1CCCC(=O)OC[C@H](COP(=O)(O)OC[C@H](N)C(=O)O)OC(=O)CCCCCCCCC/C=C\CCCCCC. The lowest BCUT2D eigenvalue weighted by molar-refractivity contribution is -0.161. The van der Waals surface area contributed by atoms with Crippen LogP contribution in [0.5, 0.6) is 0 Å². The van der Waals surface area contributed by atoms with Crippen LogP contribution in [0.2, 0.25) is 0 Å². The number of epoxide rings is 1. The largest absolute Gasteiger partial charge is 0.480 e. The lowest BCUT2D eigenvalue weighted by Crippen LogP contribution is -2.34. The van der Waals surface area contributed by atoms with Gasteiger partial charge in [-0.1, -0.05) is 127 Å². The number of phosphoric acid groups is 1. The van der Waals surface area contributed by atoms with Gasteiger partial charge < -0.3 is 29.9 Å². The molecule has 4 N–H and O–H groups in total. The van der Waals surface area contributed by atoms with E-state index in [1.807, 2.05) is 0 Å². The molecule has 3 unspecified atom stereocenters. The van der Waals surface area contributed by atoms with Gasteiger partial charge in [-0.15, -0.1) is 0 Å². The van der Waals surface area contributed by atoms with E-state index in [-0.39, 0.29) is 31.7 Å². The molecule has 0 amide bonds. The molecule has 0 aromatic heterocycles. The molecule has 0 aromatic rings. The van der Waals surface area contributed by atoms with Crippen LogP contribution in [0, 0.1) is 0 Å². The van der Waals surface area contributed by atoms with Crippen molar-refractivity contribution in [3.63, 3.8) is 0 Å². The van der Waals surface area contributed by atoms with Crippen LogP contribution >= 0.6 is 7.82 Å². The molecule has 0 spiro atoms. The molecule has 0 bridgehead atoms. The average Bonchev–Trinajstić information content (AvgIpc) is 3.94. The van der Waals surface area contributed by atoms with Crippen LogP contribution < -0.4 is 5.73 Å². The third-order valence-corrected chi connectivity index (χ3v) is 10.4. The highest BCUT2D eigenvalue weighted by molar-refractivity contribution is 7.47. The lowest BCUT2D eigenvalue weighted by Gasteiger charge is -2.20. The number of allylic oxidation sites excluding steroid dienone is 7. The Balaban J connectivity index is 2.34. The quantitative estimate of drug-likeness (QED) is 0.0175. The first kappa shape index (κ1) is 52.4. The Bertz CT molecular complexity index is 1220. The van der Waals surface area contributed by atoms with E-state index < -0.39 is 51.1 Å². The van der Waals surface area contributed by atoms with Gasteiger partial charge in [-0.2, -0.15) is 0 Å². The summed E-state index contributed by atoms with van der Waals surface area (Å²) in [6.07, 6.45) is 40.5. The third kappa shape index (κ3) is 33.0. The molecule has 1 heterocycles. The predicted molar refractivity (Wildman–Crippen MR) is 226 cm³/mol. The highest BCUT2D eigenvalue weighted by Gasteiger charge is 2.36. The van der Waals surface area contributed by atoms with Crippen molar-refractivity contribution < 1.29 is 52.2 Å². The van der Waals surface area contributed by atoms with E-state index in [2.05, 4.69) is 67.0 Å². The molecule has 0 saturated carbocycles. The van der Waals surface area contributed by atoms with E-state index in [9.17, 15) is 23.8 Å². The molecule has 5 atom stereocenters. The number of ether oxygens (including phenoxy) is 3. The maximum absolute atomic E-state index is 12.6. The minimum absolute atomic E-state index is 0.100. The second-order valence-corrected chi connectivity index (χ2v) is 16.3. The molecule has 1 saturated heterocycles. The van der Waals surface area contributed by atoms with Gasteiger partial charge in [0.1, 0.15) is 12.6 Å². The molecule has 1 fully saturated rings. The van der Waals surface area contributed by atoms with E-state index in [1.54, 1.807) is 0 Å². The van der Waals surface area contributed by atoms with Crippen LogP contribution in [0.4, 0.5) is 0 Å². The first-order valence-electron chi connectivity index (χ1n) is 21.8. The maximum Gasteiger partial charge on any atom is 0.472 e. The van der Waals surface area contributed by atoms with E-state index in [1.165, 1.54) is 64.2 Å². The molecule has 1 aliphatic heterocycles. The molecule has 0 aromatic carbocycles. The number of phosphoric ester groups is 1. The minimum Gasteiger partial charge on any atom is -0.480 e. The number of esters is 2. The van der Waals surface area contributed by atoms with E-state index in [0.717, 1.165) is 57.8 Å². The molecule has 1 aliphatic rings. The number of hydrogen-bond acceptors (Lipinski definition) is 10. The molecule has 13 heteroatoms. The predicted octanol–water partition coefficient (Wildman–Crippen LogP) is 10.4. The van der Waals surface area contributed by atoms with Gasteiger partial charge in [-0.25, -0.2) is 4.57 Å². The van der Waals surface area contributed by atoms with E-state index in [4.69, 9.17) is 29.6 Å². The van der Waals surface area contributed by atoms with E-state index in [0.29, 0.717) is 19.3 Å². The first-order valence-corrected chi connectivity index (χ1v) is 23.3. The summed E-state index contributed by atoms with van der Waals surface area (Å²) < 4.78 is 38.4. The number of hydrogen-bond donors (Lipinski definition) is 3. The topological polar surface area (TPSA) is 184 Å². The summed E-state index contributed by atoms with van der Waals surface area (Å²) in [7, 11) is -4.74. The standard InChI is InChI=1S/C44H76NO11P/c1-3-5-7-9-11-13-15-17-18-19-21-23-25-27-29-33-43(47)55-38(36-53-57(50,51)54-37-39(45)44(48)49)35-52-42(46)34-30-32-41-40(56-41)31-28-26-24-22-20-16-14-12-10-8-6-4-2/h12-15,20,22,26,28,38-41H,3-11,16-19,21,23-25,27,29-37,45H2,1-2H3,(H,48,49)(H,50,51)/b14-12-,15-13-,22-20-,28-26-/t38-,39+,40?,41?/m1/s1. The Labute approximate surface area is 343 Å². The number of unbranched alkanes of at least 4 members (excludes halogenated alkanes) is 14. The fourth-order valence-corrected chi connectivity index (χ4v) is 6.69. The van der Waals surface area contributed by atoms with Gasteiger partial charge in [-0.3, -0.25) is 23.4 Å². The number of carboxylic acid groups (broad SMARTS) is 1. The van der Waals surface area contributed by atoms with Gasteiger partial charge in [0.05, 0.1) is 25.4 Å². The summed E-state index contributed by atoms with van der Waals surface area (Å²) in [5, 5.41) is 8.89. The summed E-state index contributed by atoms with van der Waals surface area (Å²) in [6, 6.07) is -1.53. The number of nitrogens with two attached hydrogens (primary N) is 1. The van der Waals surface area contributed by atoms with Crippen LogP contribution in [0.25, 0.3) is 0 Å². The number of carboxylic acids is 1. The van der Waals surface area contributed by atoms with Gasteiger partial charge in [0.25, 0.3) is 0 Å². The number of aliphatic carboxylic acids is 1. The summed E-state index contributed by atoms with van der Waals surface area (Å²) in [6.45, 7) is 2.67. The van der Waals surface area contributed by atoms with Crippen molar-refractivity contribution in [2.24, 2.45) is 5.73 Å². The number of rotatable bonds is 39. The Hall–Kier alpha value is -2.60. The fraction of sp³-hybridized carbons (Fsp3) is 0.750. The van der Waals surface area contributed by atoms with Crippen molar-refractivity contribution in [3.8, 4) is 0 Å². The molecule has 0 radical (unpaired) electrons. The number of carbonyl (C=O) groups is 3. The summed E-state index contributed by atoms with van der Waals surface area (Å²) in [4.78, 5) is 46.1. The van der Waals surface area contributed by atoms with Crippen molar-refractivity contribution in [1.29, 1.82) is 0 Å². The highest BCUT2D eigenvalue weighted by atomic mass is 31.2. The van der Waals surface area contributed by atoms with Crippen molar-refractivity contribution >= 4 is 25.7 Å². The van der Waals surface area contributed by atoms with Crippen molar-refractivity contribution in [1.82, 2.24) is 0 Å². The molecule has 328 valence electrons. The zero-order valence-corrected chi connectivity index (χ0v) is 36.0. The maximum atomic E-state index is 12.6. The van der Waals surface area contributed by atoms with Gasteiger partial charge in [-0.05, 0) is 77.0 Å². The normalized spacial score (nSPS) is 17.8. The fourth-order valence-electron chi connectivity index (χ4n) is 5.91.